The molecule has 0 spiro atoms. The number of carbonyl (C=O) groups is 1. The smallest absolute Gasteiger partial charge is 0.416 e. The van der Waals surface area contributed by atoms with Crippen LogP contribution < -0.4 is 9.47 Å². The third-order valence-electron chi connectivity index (χ3n) is 7.02. The van der Waals surface area contributed by atoms with Crippen molar-refractivity contribution in [1.29, 1.82) is 0 Å². The summed E-state index contributed by atoms with van der Waals surface area (Å²) < 4.78 is 90.4. The van der Waals surface area contributed by atoms with Gasteiger partial charge in [-0.05, 0) is 65.4 Å². The number of thioether (sulfide) groups is 1. The lowest BCUT2D eigenvalue weighted by Gasteiger charge is -2.35. The Hall–Kier alpha value is -4.04. The van der Waals surface area contributed by atoms with Crippen LogP contribution in [0.25, 0.3) is 6.08 Å². The quantitative estimate of drug-likeness (QED) is 0.217. The van der Waals surface area contributed by atoms with Gasteiger partial charge in [-0.3, -0.25) is 14.7 Å². The first-order valence-corrected chi connectivity index (χ1v) is 14.2. The maximum absolute atomic E-state index is 13.5. The zero-order valence-electron chi connectivity index (χ0n) is 23.3. The number of methoxy groups -OCH3 is 1. The van der Waals surface area contributed by atoms with Gasteiger partial charge < -0.3 is 14.4 Å². The summed E-state index contributed by atoms with van der Waals surface area (Å²) >= 11 is 1.26. The average Bonchev–Trinajstić information content (AvgIpc) is 3.35. The van der Waals surface area contributed by atoms with Gasteiger partial charge in [-0.1, -0.05) is 12.1 Å². The van der Waals surface area contributed by atoms with E-state index in [1.54, 1.807) is 30.6 Å². The number of hydrogen-bond acceptors (Lipinski definition) is 7. The highest BCUT2D eigenvalue weighted by Crippen LogP contribution is 2.39. The maximum atomic E-state index is 13.5. The molecule has 0 saturated carbocycles. The minimum atomic E-state index is -5.01. The normalized spacial score (nSPS) is 17.2. The number of amides is 1. The number of halogens is 6. The fraction of sp³-hybridized carbons (Fsp3) is 0.300. The average molecular weight is 637 g/mol. The molecule has 0 N–H and O–H groups in total. The molecule has 0 unspecified atom stereocenters. The summed E-state index contributed by atoms with van der Waals surface area (Å²) in [5, 5.41) is 0.619. The monoisotopic (exact) mass is 636 g/mol. The Morgan fingerprint density at radius 3 is 2.30 bits per heavy atom. The van der Waals surface area contributed by atoms with Crippen LogP contribution in [0.5, 0.6) is 11.5 Å². The van der Waals surface area contributed by atoms with Crippen LogP contribution in [0.15, 0.2) is 70.8 Å². The van der Waals surface area contributed by atoms with Gasteiger partial charge in [-0.25, -0.2) is 0 Å². The first kappa shape index (κ1) is 31.4. The fourth-order valence-corrected chi connectivity index (χ4v) is 5.68. The predicted octanol–water partition coefficient (Wildman–Crippen LogP) is 6.49. The molecule has 0 aliphatic carbocycles. The van der Waals surface area contributed by atoms with Crippen molar-refractivity contribution in [1.82, 2.24) is 14.8 Å². The van der Waals surface area contributed by atoms with Crippen molar-refractivity contribution >= 4 is 28.9 Å². The number of nitrogens with zero attached hydrogens (tertiary/aromatic N) is 4. The van der Waals surface area contributed by atoms with Crippen molar-refractivity contribution in [2.24, 2.45) is 4.99 Å². The molecular weight excluding hydrogens is 610 g/mol. The highest BCUT2D eigenvalue weighted by Gasteiger charge is 2.38. The van der Waals surface area contributed by atoms with E-state index < -0.39 is 35.6 Å². The Labute approximate surface area is 253 Å². The van der Waals surface area contributed by atoms with Crippen molar-refractivity contribution in [3.8, 4) is 11.5 Å². The number of alkyl halides is 6. The molecule has 1 amide bonds. The number of aromatic nitrogens is 1. The summed E-state index contributed by atoms with van der Waals surface area (Å²) in [5.74, 6) is -0.137. The van der Waals surface area contributed by atoms with E-state index in [4.69, 9.17) is 9.47 Å². The number of aliphatic imine (C=N–C) groups is 1. The number of benzene rings is 2. The molecule has 232 valence electrons. The van der Waals surface area contributed by atoms with Gasteiger partial charge in [0.15, 0.2) is 16.7 Å². The van der Waals surface area contributed by atoms with Crippen LogP contribution >= 0.6 is 11.8 Å². The van der Waals surface area contributed by atoms with Crippen molar-refractivity contribution in [3.05, 3.63) is 93.6 Å². The minimum Gasteiger partial charge on any atom is -0.493 e. The summed E-state index contributed by atoms with van der Waals surface area (Å²) in [6.45, 7) is 3.22. The van der Waals surface area contributed by atoms with Gasteiger partial charge in [0.2, 0.25) is 0 Å². The molecule has 1 fully saturated rings. The fourth-order valence-electron chi connectivity index (χ4n) is 4.72. The van der Waals surface area contributed by atoms with Crippen molar-refractivity contribution < 1.29 is 40.6 Å². The molecule has 3 heterocycles. The maximum Gasteiger partial charge on any atom is 0.416 e. The van der Waals surface area contributed by atoms with Crippen LogP contribution in [0.1, 0.15) is 27.8 Å². The summed E-state index contributed by atoms with van der Waals surface area (Å²) in [6, 6.07) is 9.95. The summed E-state index contributed by atoms with van der Waals surface area (Å²) in [7, 11) is 1.34. The summed E-state index contributed by atoms with van der Waals surface area (Å²) in [5.41, 5.74) is -1.56. The van der Waals surface area contributed by atoms with Gasteiger partial charge in [-0.2, -0.15) is 31.3 Å². The van der Waals surface area contributed by atoms with Crippen LogP contribution in [0.2, 0.25) is 0 Å². The highest BCUT2D eigenvalue weighted by atomic mass is 32.2. The van der Waals surface area contributed by atoms with E-state index in [-0.39, 0.29) is 23.5 Å². The summed E-state index contributed by atoms with van der Waals surface area (Å²) in [4.78, 5) is 25.7. The molecule has 7 nitrogen and oxygen atoms in total. The van der Waals surface area contributed by atoms with Gasteiger partial charge in [-0.15, -0.1) is 0 Å². The van der Waals surface area contributed by atoms with Gasteiger partial charge in [0.05, 0.1) is 23.1 Å². The molecule has 2 aliphatic rings. The first-order chi connectivity index (χ1) is 20.9. The molecule has 1 aromatic heterocycles. The largest absolute Gasteiger partial charge is 0.493 e. The number of pyridine rings is 1. The number of amidine groups is 1. The lowest BCUT2D eigenvalue weighted by molar-refractivity contribution is -0.143. The van der Waals surface area contributed by atoms with Crippen molar-refractivity contribution in [3.63, 3.8) is 0 Å². The Morgan fingerprint density at radius 1 is 0.909 bits per heavy atom. The zero-order chi connectivity index (χ0) is 31.5. The Kier molecular flexibility index (Phi) is 9.20. The first-order valence-electron chi connectivity index (χ1n) is 13.4. The van der Waals surface area contributed by atoms with Gasteiger partial charge in [0, 0.05) is 50.7 Å². The molecule has 1 saturated heterocycles. The molecular formula is C30H26F6N4O3S. The Morgan fingerprint density at radius 2 is 1.64 bits per heavy atom. The number of hydrogen-bond donors (Lipinski definition) is 0. The van der Waals surface area contributed by atoms with Crippen LogP contribution in [0.4, 0.5) is 26.3 Å². The SMILES string of the molecule is COc1cc(C=C2SC(N3CCN(Cc4ccncc4)CC3)=NC2=O)ccc1OCc1ccc(C(F)(F)F)cc1C(F)(F)F. The van der Waals surface area contributed by atoms with E-state index >= 15 is 0 Å². The minimum absolute atomic E-state index is 0.0698. The lowest BCUT2D eigenvalue weighted by Crippen LogP contribution is -2.47. The number of carbonyl (C=O) groups excluding carboxylic acids is 1. The second kappa shape index (κ2) is 12.9. The predicted molar refractivity (Wildman–Crippen MR) is 153 cm³/mol. The Bertz CT molecular complexity index is 1570. The highest BCUT2D eigenvalue weighted by molar-refractivity contribution is 8.18. The molecule has 2 aromatic carbocycles. The standard InChI is InChI=1S/C30H26F6N4O3S/c1-42-25-14-20(2-5-24(25)43-18-21-3-4-22(29(31,32)33)16-23(21)30(34,35)36)15-26-27(41)38-28(44-26)40-12-10-39(11-13-40)17-19-6-8-37-9-7-19/h2-9,14-16H,10-13,17-18H2,1H3. The molecule has 0 radical (unpaired) electrons. The molecule has 14 heteroatoms. The van der Waals surface area contributed by atoms with Crippen LogP contribution in [0.3, 0.4) is 0 Å². The zero-order valence-corrected chi connectivity index (χ0v) is 24.1. The van der Waals surface area contributed by atoms with Crippen molar-refractivity contribution in [2.45, 2.75) is 25.5 Å². The molecule has 0 bridgehead atoms. The Balaban J connectivity index is 1.22. The van der Waals surface area contributed by atoms with Crippen LogP contribution in [-0.2, 0) is 30.3 Å². The van der Waals surface area contributed by atoms with Crippen LogP contribution in [0, 0.1) is 0 Å². The van der Waals surface area contributed by atoms with E-state index in [1.165, 1.54) is 30.5 Å². The topological polar surface area (TPSA) is 67.3 Å². The second-order valence-corrected chi connectivity index (χ2v) is 11.0. The number of ether oxygens (including phenoxy) is 2. The van der Waals surface area contributed by atoms with Gasteiger partial charge >= 0.3 is 12.4 Å². The van der Waals surface area contributed by atoms with E-state index in [0.29, 0.717) is 34.8 Å². The molecule has 0 atom stereocenters. The molecule has 5 rings (SSSR count). The lowest BCUT2D eigenvalue weighted by atomic mass is 10.0. The number of piperazine rings is 1. The van der Waals surface area contributed by atoms with Gasteiger partial charge in [0.1, 0.15) is 6.61 Å². The number of rotatable bonds is 7. The van der Waals surface area contributed by atoms with Gasteiger partial charge in [0.25, 0.3) is 5.91 Å². The van der Waals surface area contributed by atoms with E-state index in [2.05, 4.69) is 19.8 Å². The van der Waals surface area contributed by atoms with E-state index in [1.807, 2.05) is 12.1 Å². The molecule has 44 heavy (non-hydrogen) atoms. The third-order valence-corrected chi connectivity index (χ3v) is 8.06. The second-order valence-electron chi connectivity index (χ2n) is 10.00. The van der Waals surface area contributed by atoms with E-state index in [9.17, 15) is 31.1 Å². The van der Waals surface area contributed by atoms with Crippen LogP contribution in [-0.4, -0.2) is 59.1 Å². The van der Waals surface area contributed by atoms with Crippen molar-refractivity contribution in [2.75, 3.05) is 33.3 Å². The van der Waals surface area contributed by atoms with E-state index in [0.717, 1.165) is 25.7 Å². The molecule has 3 aromatic rings. The summed E-state index contributed by atoms with van der Waals surface area (Å²) in [6.07, 6.45) is -4.77. The third kappa shape index (κ3) is 7.53. The molecule has 2 aliphatic heterocycles.